The highest BCUT2D eigenvalue weighted by molar-refractivity contribution is 5.46. The van der Waals surface area contributed by atoms with Gasteiger partial charge in [-0.05, 0) is 75.5 Å². The summed E-state index contributed by atoms with van der Waals surface area (Å²) in [5.41, 5.74) is 2.61. The van der Waals surface area contributed by atoms with Gasteiger partial charge in [-0.25, -0.2) is 4.98 Å². The van der Waals surface area contributed by atoms with E-state index in [0.717, 1.165) is 44.8 Å². The number of nitrogens with one attached hydrogen (secondary N) is 2. The van der Waals surface area contributed by atoms with Gasteiger partial charge < -0.3 is 15.5 Å². The minimum atomic E-state index is 1.00. The molecule has 1 aromatic heterocycles. The number of aryl methyl sites for hydroxylation is 2. The summed E-state index contributed by atoms with van der Waals surface area (Å²) in [7, 11) is 0. The number of aromatic nitrogens is 1. The molecule has 26 heavy (non-hydrogen) atoms. The van der Waals surface area contributed by atoms with Gasteiger partial charge >= 0.3 is 0 Å². The summed E-state index contributed by atoms with van der Waals surface area (Å²) < 4.78 is 0. The Bertz CT molecular complexity index is 565. The van der Waals surface area contributed by atoms with Crippen LogP contribution in [0.2, 0.25) is 0 Å². The molecule has 0 amide bonds. The number of unbranched alkanes of at least 4 members (excludes halogenated alkanes) is 1. The first-order chi connectivity index (χ1) is 12.8. The summed E-state index contributed by atoms with van der Waals surface area (Å²) >= 11 is 0. The van der Waals surface area contributed by atoms with E-state index in [2.05, 4.69) is 59.7 Å². The van der Waals surface area contributed by atoms with E-state index in [4.69, 9.17) is 4.98 Å². The fourth-order valence-corrected chi connectivity index (χ4v) is 3.22. The van der Waals surface area contributed by atoms with Crippen LogP contribution in [-0.2, 0) is 12.8 Å². The Morgan fingerprint density at radius 2 is 2.12 bits per heavy atom. The normalized spacial score (nSPS) is 14.1. The maximum absolute atomic E-state index is 4.79. The molecule has 1 aromatic rings. The molecule has 1 aliphatic rings. The number of pyridine rings is 1. The lowest BCUT2D eigenvalue weighted by molar-refractivity contribution is 0.285. The Labute approximate surface area is 159 Å². The number of anilines is 1. The van der Waals surface area contributed by atoms with Crippen molar-refractivity contribution in [1.29, 1.82) is 0 Å². The van der Waals surface area contributed by atoms with Gasteiger partial charge in [-0.1, -0.05) is 32.1 Å². The van der Waals surface area contributed by atoms with Crippen molar-refractivity contribution in [1.82, 2.24) is 15.2 Å². The molecule has 4 nitrogen and oxygen atoms in total. The van der Waals surface area contributed by atoms with Gasteiger partial charge in [0.05, 0.1) is 0 Å². The van der Waals surface area contributed by atoms with Crippen molar-refractivity contribution in [3.05, 3.63) is 47.8 Å². The standard InChI is InChI=1S/C22H36N4/c1-3-5-6-8-15-23-17-19-26(4-2)18-9-7-12-21-14-13-20-11-10-16-24-22(20)25-21/h5-6,8,13-15,23H,3-4,7,9-12,16-19H2,1-2H3,(H,24,25)/b6-5+,15-8-. The van der Waals surface area contributed by atoms with E-state index in [1.807, 2.05) is 6.20 Å². The van der Waals surface area contributed by atoms with Crippen LogP contribution in [0.1, 0.15) is 50.8 Å². The molecular formula is C22H36N4. The van der Waals surface area contributed by atoms with Crippen molar-refractivity contribution in [2.45, 2.75) is 52.4 Å². The summed E-state index contributed by atoms with van der Waals surface area (Å²) in [5.74, 6) is 1.12. The van der Waals surface area contributed by atoms with Gasteiger partial charge in [-0.2, -0.15) is 0 Å². The van der Waals surface area contributed by atoms with Gasteiger partial charge in [0, 0.05) is 25.3 Å². The molecule has 0 aromatic carbocycles. The number of allylic oxidation sites excluding steroid dienone is 3. The maximum Gasteiger partial charge on any atom is 0.129 e. The third-order valence-corrected chi connectivity index (χ3v) is 4.83. The van der Waals surface area contributed by atoms with Crippen molar-refractivity contribution < 1.29 is 0 Å². The predicted octanol–water partition coefficient (Wildman–Crippen LogP) is 4.15. The SMILES string of the molecule is CC/C=C/C=C\NCCN(CC)CCCCc1ccc2c(n1)NCCC2. The Morgan fingerprint density at radius 1 is 1.19 bits per heavy atom. The topological polar surface area (TPSA) is 40.2 Å². The highest BCUT2D eigenvalue weighted by atomic mass is 15.1. The van der Waals surface area contributed by atoms with E-state index in [1.165, 1.54) is 43.5 Å². The van der Waals surface area contributed by atoms with Crippen LogP contribution in [0.15, 0.2) is 36.6 Å². The summed E-state index contributed by atoms with van der Waals surface area (Å²) in [6, 6.07) is 4.48. The molecular weight excluding hydrogens is 320 g/mol. The number of hydrogen-bond donors (Lipinski definition) is 2. The second-order valence-electron chi connectivity index (χ2n) is 6.88. The maximum atomic E-state index is 4.79. The lowest BCUT2D eigenvalue weighted by Crippen LogP contribution is -2.31. The Hall–Kier alpha value is -1.81. The zero-order valence-corrected chi connectivity index (χ0v) is 16.6. The van der Waals surface area contributed by atoms with Gasteiger partial charge in [0.25, 0.3) is 0 Å². The van der Waals surface area contributed by atoms with Crippen LogP contribution in [0, 0.1) is 0 Å². The fraction of sp³-hybridized carbons (Fsp3) is 0.591. The highest BCUT2D eigenvalue weighted by Gasteiger charge is 2.10. The Morgan fingerprint density at radius 3 is 2.96 bits per heavy atom. The van der Waals surface area contributed by atoms with E-state index in [1.54, 1.807) is 0 Å². The van der Waals surface area contributed by atoms with E-state index in [9.17, 15) is 0 Å². The third kappa shape index (κ3) is 7.61. The highest BCUT2D eigenvalue weighted by Crippen LogP contribution is 2.20. The van der Waals surface area contributed by atoms with Crippen molar-refractivity contribution in [3.8, 4) is 0 Å². The third-order valence-electron chi connectivity index (χ3n) is 4.83. The number of hydrogen-bond acceptors (Lipinski definition) is 4. The second kappa shape index (κ2) is 12.5. The minimum absolute atomic E-state index is 1.00. The summed E-state index contributed by atoms with van der Waals surface area (Å²) in [5, 5.41) is 6.79. The van der Waals surface area contributed by atoms with Crippen LogP contribution in [-0.4, -0.2) is 42.6 Å². The van der Waals surface area contributed by atoms with Gasteiger partial charge in [0.15, 0.2) is 0 Å². The largest absolute Gasteiger partial charge is 0.390 e. The number of likely N-dealkylation sites (N-methyl/N-ethyl adjacent to an activating group) is 1. The average Bonchev–Trinajstić information content (AvgIpc) is 2.68. The van der Waals surface area contributed by atoms with Crippen molar-refractivity contribution in [3.63, 3.8) is 0 Å². The molecule has 0 saturated carbocycles. The van der Waals surface area contributed by atoms with Crippen LogP contribution < -0.4 is 10.6 Å². The zero-order valence-electron chi connectivity index (χ0n) is 16.6. The first-order valence-electron chi connectivity index (χ1n) is 10.3. The summed E-state index contributed by atoms with van der Waals surface area (Å²) in [6.45, 7) is 9.84. The van der Waals surface area contributed by atoms with Crippen LogP contribution in [0.3, 0.4) is 0 Å². The molecule has 0 saturated heterocycles. The van der Waals surface area contributed by atoms with Gasteiger partial charge in [-0.3, -0.25) is 0 Å². The molecule has 2 heterocycles. The van der Waals surface area contributed by atoms with Gasteiger partial charge in [-0.15, -0.1) is 0 Å². The summed E-state index contributed by atoms with van der Waals surface area (Å²) in [6.07, 6.45) is 15.4. The molecule has 0 spiro atoms. The van der Waals surface area contributed by atoms with Crippen LogP contribution in [0.5, 0.6) is 0 Å². The molecule has 0 unspecified atom stereocenters. The Kier molecular flexibility index (Phi) is 9.88. The average molecular weight is 357 g/mol. The lowest BCUT2D eigenvalue weighted by Gasteiger charge is -2.20. The van der Waals surface area contributed by atoms with E-state index in [0.29, 0.717) is 0 Å². The lowest BCUT2D eigenvalue weighted by atomic mass is 10.1. The molecule has 2 N–H and O–H groups in total. The predicted molar refractivity (Wildman–Crippen MR) is 113 cm³/mol. The molecule has 4 heteroatoms. The van der Waals surface area contributed by atoms with E-state index >= 15 is 0 Å². The zero-order chi connectivity index (χ0) is 18.5. The van der Waals surface area contributed by atoms with Crippen molar-refractivity contribution >= 4 is 5.82 Å². The number of nitrogens with zero attached hydrogens (tertiary/aromatic N) is 2. The quantitative estimate of drug-likeness (QED) is 0.436. The molecule has 1 aliphatic heterocycles. The van der Waals surface area contributed by atoms with E-state index < -0.39 is 0 Å². The smallest absolute Gasteiger partial charge is 0.129 e. The van der Waals surface area contributed by atoms with Gasteiger partial charge in [0.1, 0.15) is 5.82 Å². The molecule has 0 radical (unpaired) electrons. The number of rotatable bonds is 12. The minimum Gasteiger partial charge on any atom is -0.390 e. The second-order valence-corrected chi connectivity index (χ2v) is 6.88. The number of fused-ring (bicyclic) bond motifs is 1. The first kappa shape index (κ1) is 20.5. The first-order valence-corrected chi connectivity index (χ1v) is 10.3. The molecule has 144 valence electrons. The molecule has 0 atom stereocenters. The molecule has 0 aliphatic carbocycles. The molecule has 0 bridgehead atoms. The van der Waals surface area contributed by atoms with Crippen LogP contribution in [0.25, 0.3) is 0 Å². The van der Waals surface area contributed by atoms with Gasteiger partial charge in [0.2, 0.25) is 0 Å². The fourth-order valence-electron chi connectivity index (χ4n) is 3.22. The monoisotopic (exact) mass is 356 g/mol. The Balaban J connectivity index is 1.60. The van der Waals surface area contributed by atoms with Crippen LogP contribution in [0.4, 0.5) is 5.82 Å². The van der Waals surface area contributed by atoms with Crippen molar-refractivity contribution in [2.24, 2.45) is 0 Å². The van der Waals surface area contributed by atoms with E-state index in [-0.39, 0.29) is 0 Å². The molecule has 0 fully saturated rings. The van der Waals surface area contributed by atoms with Crippen LogP contribution >= 0.6 is 0 Å². The summed E-state index contributed by atoms with van der Waals surface area (Å²) in [4.78, 5) is 7.31. The van der Waals surface area contributed by atoms with Crippen molar-refractivity contribution in [2.75, 3.05) is 38.0 Å². The molecule has 2 rings (SSSR count).